The van der Waals surface area contributed by atoms with Gasteiger partial charge in [-0.05, 0) is 5.56 Å². The van der Waals surface area contributed by atoms with Gasteiger partial charge in [0.2, 0.25) is 0 Å². The summed E-state index contributed by atoms with van der Waals surface area (Å²) in [6, 6.07) is 4.39. The molecule has 12 heteroatoms. The fourth-order valence-corrected chi connectivity index (χ4v) is 2.02. The molecule has 1 aromatic rings. The van der Waals surface area contributed by atoms with E-state index in [1.54, 1.807) is 0 Å². The normalized spacial score (nSPS) is 13.4. The van der Waals surface area contributed by atoms with E-state index in [0.29, 0.717) is 0 Å². The Kier molecular flexibility index (Phi) is 5.66. The van der Waals surface area contributed by atoms with E-state index in [9.17, 15) is 36.5 Å². The van der Waals surface area contributed by atoms with Crippen molar-refractivity contribution < 1.29 is 40.2 Å². The predicted molar refractivity (Wildman–Crippen MR) is 68.7 cm³/mol. The number of carbonyl (C=O) groups excluding carboxylic acids is 1. The molecule has 0 heterocycles. The van der Waals surface area contributed by atoms with E-state index >= 15 is 0 Å². The minimum Gasteiger partial charge on any atom is -0.467 e. The topological polar surface area (TPSA) is 113 Å². The van der Waals surface area contributed by atoms with Gasteiger partial charge in [-0.15, -0.1) is 0 Å². The zero-order chi connectivity index (χ0) is 17.8. The second-order valence-corrected chi connectivity index (χ2v) is 5.70. The summed E-state index contributed by atoms with van der Waals surface area (Å²) in [6.07, 6.45) is -2.66. The molecule has 0 aliphatic heterocycles. The van der Waals surface area contributed by atoms with E-state index < -0.39 is 39.0 Å². The molecule has 128 valence electrons. The molecule has 0 saturated heterocycles. The molecule has 23 heavy (non-hydrogen) atoms. The first kappa shape index (κ1) is 18.8. The predicted octanol–water partition coefficient (Wildman–Crippen LogP) is 1.55. The van der Waals surface area contributed by atoms with Crippen LogP contribution < -0.4 is 0 Å². The number of methoxy groups -OCH3 is 1. The van der Waals surface area contributed by atoms with Crippen molar-refractivity contribution in [3.05, 3.63) is 39.9 Å². The first-order valence-corrected chi connectivity index (χ1v) is 7.19. The monoisotopic (exact) mass is 357 g/mol. The molecule has 1 atom stereocenters. The Morgan fingerprint density at radius 3 is 2.22 bits per heavy atom. The summed E-state index contributed by atoms with van der Waals surface area (Å²) in [7, 11) is -5.16. The number of rotatable bonds is 6. The molecule has 0 radical (unpaired) electrons. The maximum absolute atomic E-state index is 12.3. The van der Waals surface area contributed by atoms with Crippen molar-refractivity contribution in [3.8, 4) is 0 Å². The first-order valence-electron chi connectivity index (χ1n) is 5.78. The number of halogens is 3. The van der Waals surface area contributed by atoms with Crippen molar-refractivity contribution >= 4 is 21.8 Å². The molecule has 1 unspecified atom stereocenters. The second kappa shape index (κ2) is 6.91. The number of ether oxygens (including phenoxy) is 1. The van der Waals surface area contributed by atoms with E-state index in [0.717, 1.165) is 31.4 Å². The average Bonchev–Trinajstić information content (AvgIpc) is 2.44. The van der Waals surface area contributed by atoms with Gasteiger partial charge in [-0.2, -0.15) is 21.6 Å². The number of hydrogen-bond acceptors (Lipinski definition) is 7. The molecule has 0 amide bonds. The molecule has 1 rings (SSSR count). The molecule has 0 bridgehead atoms. The summed E-state index contributed by atoms with van der Waals surface area (Å²) >= 11 is 0. The van der Waals surface area contributed by atoms with E-state index in [-0.39, 0.29) is 11.3 Å². The van der Waals surface area contributed by atoms with Gasteiger partial charge in [-0.3, -0.25) is 10.1 Å². The van der Waals surface area contributed by atoms with Crippen LogP contribution in [0.15, 0.2) is 24.3 Å². The summed E-state index contributed by atoms with van der Waals surface area (Å²) in [4.78, 5) is 21.2. The largest absolute Gasteiger partial charge is 0.523 e. The molecule has 0 aromatic heterocycles. The number of esters is 1. The average molecular weight is 357 g/mol. The van der Waals surface area contributed by atoms with Crippen molar-refractivity contribution in [2.24, 2.45) is 0 Å². The highest BCUT2D eigenvalue weighted by Gasteiger charge is 2.49. The Labute approximate surface area is 128 Å². The smallest absolute Gasteiger partial charge is 0.467 e. The fraction of sp³-hybridized carbons (Fsp3) is 0.364. The summed E-state index contributed by atoms with van der Waals surface area (Å²) in [5.41, 5.74) is -5.84. The third kappa shape index (κ3) is 4.89. The molecular weight excluding hydrogens is 347 g/mol. The van der Waals surface area contributed by atoms with Gasteiger partial charge in [-0.1, -0.05) is 12.1 Å². The van der Waals surface area contributed by atoms with Gasteiger partial charge >= 0.3 is 21.6 Å². The van der Waals surface area contributed by atoms with Crippen molar-refractivity contribution in [2.45, 2.75) is 18.0 Å². The molecule has 0 aliphatic carbocycles. The molecule has 0 saturated carbocycles. The quantitative estimate of drug-likeness (QED) is 0.249. The van der Waals surface area contributed by atoms with Crippen LogP contribution in [0.4, 0.5) is 18.9 Å². The van der Waals surface area contributed by atoms with Crippen molar-refractivity contribution in [2.75, 3.05) is 7.11 Å². The Bertz CT molecular complexity index is 685. The van der Waals surface area contributed by atoms with E-state index in [1.807, 2.05) is 0 Å². The molecule has 1 aromatic carbocycles. The third-order valence-electron chi connectivity index (χ3n) is 2.56. The molecule has 0 N–H and O–H groups in total. The Balaban J connectivity index is 3.00. The van der Waals surface area contributed by atoms with E-state index in [1.165, 1.54) is 0 Å². The van der Waals surface area contributed by atoms with Crippen LogP contribution in [0.2, 0.25) is 0 Å². The first-order chi connectivity index (χ1) is 10.5. The maximum atomic E-state index is 12.3. The number of nitro benzene ring substituents is 1. The van der Waals surface area contributed by atoms with Gasteiger partial charge in [-0.25, -0.2) is 8.98 Å². The van der Waals surface area contributed by atoms with Crippen LogP contribution in [-0.4, -0.2) is 38.0 Å². The van der Waals surface area contributed by atoms with Crippen LogP contribution in [0.3, 0.4) is 0 Å². The highest BCUT2D eigenvalue weighted by atomic mass is 32.2. The van der Waals surface area contributed by atoms with Crippen LogP contribution in [0.1, 0.15) is 5.56 Å². The van der Waals surface area contributed by atoms with Crippen molar-refractivity contribution in [1.29, 1.82) is 0 Å². The minimum absolute atomic E-state index is 0.142. The molecule has 0 aliphatic rings. The van der Waals surface area contributed by atoms with Gasteiger partial charge in [0.25, 0.3) is 5.69 Å². The maximum Gasteiger partial charge on any atom is 0.523 e. The van der Waals surface area contributed by atoms with Gasteiger partial charge in [0.15, 0.2) is 6.10 Å². The number of carbonyl (C=O) groups is 1. The number of nitro groups is 1. The zero-order valence-electron chi connectivity index (χ0n) is 11.4. The minimum atomic E-state index is -6.00. The molecule has 0 spiro atoms. The lowest BCUT2D eigenvalue weighted by atomic mass is 10.1. The van der Waals surface area contributed by atoms with Crippen LogP contribution in [0.5, 0.6) is 0 Å². The van der Waals surface area contributed by atoms with Gasteiger partial charge in [0.05, 0.1) is 12.0 Å². The standard InChI is InChI=1S/C11H10F3NO7S/c1-21-10(16)9(22-23(19,20)11(12,13)14)6-7-2-4-8(5-3-7)15(17)18/h2-5,9H,6H2,1H3. The number of alkyl halides is 3. The summed E-state index contributed by atoms with van der Waals surface area (Å²) in [6.45, 7) is 0. The highest BCUT2D eigenvalue weighted by Crippen LogP contribution is 2.27. The van der Waals surface area contributed by atoms with Gasteiger partial charge in [0, 0.05) is 18.6 Å². The fourth-order valence-electron chi connectivity index (χ4n) is 1.46. The lowest BCUT2D eigenvalue weighted by molar-refractivity contribution is -0.384. The SMILES string of the molecule is COC(=O)C(Cc1ccc([N+](=O)[O-])cc1)OS(=O)(=O)C(F)(F)F. The molecule has 8 nitrogen and oxygen atoms in total. The highest BCUT2D eigenvalue weighted by molar-refractivity contribution is 7.87. The molecule has 0 fully saturated rings. The van der Waals surface area contributed by atoms with Crippen LogP contribution >= 0.6 is 0 Å². The van der Waals surface area contributed by atoms with Crippen LogP contribution in [0, 0.1) is 10.1 Å². The van der Waals surface area contributed by atoms with Crippen molar-refractivity contribution in [3.63, 3.8) is 0 Å². The van der Waals surface area contributed by atoms with Crippen LogP contribution in [-0.2, 0) is 30.3 Å². The summed E-state index contributed by atoms with van der Waals surface area (Å²) < 4.78 is 66.9. The summed E-state index contributed by atoms with van der Waals surface area (Å²) in [5, 5.41) is 10.5. The van der Waals surface area contributed by atoms with E-state index in [4.69, 9.17) is 0 Å². The lowest BCUT2D eigenvalue weighted by Crippen LogP contribution is -2.36. The van der Waals surface area contributed by atoms with Gasteiger partial charge < -0.3 is 4.74 Å². The second-order valence-electron chi connectivity index (χ2n) is 4.14. The number of benzene rings is 1. The zero-order valence-corrected chi connectivity index (χ0v) is 12.3. The lowest BCUT2D eigenvalue weighted by Gasteiger charge is -2.16. The third-order valence-corrected chi connectivity index (χ3v) is 3.61. The number of hydrogen-bond donors (Lipinski definition) is 0. The number of non-ortho nitro benzene ring substituents is 1. The van der Waals surface area contributed by atoms with E-state index in [2.05, 4.69) is 8.92 Å². The Morgan fingerprint density at radius 1 is 1.30 bits per heavy atom. The number of nitrogens with zero attached hydrogens (tertiary/aromatic N) is 1. The van der Waals surface area contributed by atoms with Crippen LogP contribution in [0.25, 0.3) is 0 Å². The van der Waals surface area contributed by atoms with Crippen molar-refractivity contribution in [1.82, 2.24) is 0 Å². The summed E-state index contributed by atoms with van der Waals surface area (Å²) in [5.74, 6) is -1.34. The Morgan fingerprint density at radius 2 is 1.83 bits per heavy atom. The Hall–Kier alpha value is -2.21. The van der Waals surface area contributed by atoms with Gasteiger partial charge in [0.1, 0.15) is 0 Å². The molecular formula is C11H10F3NO7S.